The first kappa shape index (κ1) is 20.2. The number of nitro benzene ring substituents is 1. The van der Waals surface area contributed by atoms with Gasteiger partial charge in [0.25, 0.3) is 11.6 Å². The van der Waals surface area contributed by atoms with E-state index in [4.69, 9.17) is 9.15 Å². The number of non-ortho nitro benzene ring substituents is 1. The van der Waals surface area contributed by atoms with E-state index in [0.717, 1.165) is 4.47 Å². The van der Waals surface area contributed by atoms with Crippen molar-refractivity contribution < 1.29 is 18.9 Å². The van der Waals surface area contributed by atoms with Crippen LogP contribution in [0.25, 0.3) is 11.0 Å². The smallest absolute Gasteiger partial charge is 0.290 e. The zero-order chi connectivity index (χ0) is 21.4. The largest absolute Gasteiger partial charge is 0.450 e. The second-order valence-electron chi connectivity index (χ2n) is 6.91. The molecule has 9 heteroatoms. The Hall–Kier alpha value is -3.04. The molecule has 0 bridgehead atoms. The maximum atomic E-state index is 13.4. The zero-order valence-electron chi connectivity index (χ0n) is 16.0. The molecule has 30 heavy (non-hydrogen) atoms. The highest BCUT2D eigenvalue weighted by molar-refractivity contribution is 9.10. The summed E-state index contributed by atoms with van der Waals surface area (Å²) in [5.41, 5.74) is 0.822. The third kappa shape index (κ3) is 3.40. The number of hydrogen-bond donors (Lipinski definition) is 0. The standard InChI is InChI=1S/C21H17BrN2O6/c1-29-10-2-9-23-18(12-3-6-14(7-4-12)24(27)28)17-19(25)15-11-13(22)5-8-16(15)30-20(17)21(23)26/h3-8,11,18H,2,9-10H2,1H3. The van der Waals surface area contributed by atoms with Gasteiger partial charge in [-0.05, 0) is 42.3 Å². The van der Waals surface area contributed by atoms with Gasteiger partial charge in [-0.3, -0.25) is 19.7 Å². The van der Waals surface area contributed by atoms with Gasteiger partial charge in [0, 0.05) is 36.9 Å². The monoisotopic (exact) mass is 472 g/mol. The van der Waals surface area contributed by atoms with Crippen LogP contribution in [0.3, 0.4) is 0 Å². The molecule has 1 aliphatic heterocycles. The molecule has 3 aromatic rings. The van der Waals surface area contributed by atoms with Gasteiger partial charge in [-0.15, -0.1) is 0 Å². The molecule has 0 fully saturated rings. The Labute approximate surface area is 179 Å². The SMILES string of the molecule is COCCCN1C(=O)c2oc3ccc(Br)cc3c(=O)c2C1c1ccc([N+](=O)[O-])cc1. The predicted molar refractivity (Wildman–Crippen MR) is 113 cm³/mol. The van der Waals surface area contributed by atoms with E-state index < -0.39 is 11.0 Å². The van der Waals surface area contributed by atoms with E-state index in [-0.39, 0.29) is 28.3 Å². The summed E-state index contributed by atoms with van der Waals surface area (Å²) in [4.78, 5) is 38.6. The molecule has 8 nitrogen and oxygen atoms in total. The van der Waals surface area contributed by atoms with Gasteiger partial charge in [0.05, 0.1) is 21.9 Å². The number of benzene rings is 2. The topological polar surface area (TPSA) is 103 Å². The van der Waals surface area contributed by atoms with Gasteiger partial charge in [0.15, 0.2) is 5.43 Å². The van der Waals surface area contributed by atoms with Gasteiger partial charge in [-0.1, -0.05) is 15.9 Å². The minimum Gasteiger partial charge on any atom is -0.450 e. The number of carbonyl (C=O) groups is 1. The van der Waals surface area contributed by atoms with Gasteiger partial charge in [0.1, 0.15) is 5.58 Å². The van der Waals surface area contributed by atoms with Crippen LogP contribution in [0.4, 0.5) is 5.69 Å². The molecule has 0 N–H and O–H groups in total. The number of ether oxygens (including phenoxy) is 1. The molecule has 0 saturated carbocycles. The maximum Gasteiger partial charge on any atom is 0.290 e. The van der Waals surface area contributed by atoms with Crippen LogP contribution in [0.2, 0.25) is 0 Å². The third-order valence-electron chi connectivity index (χ3n) is 5.09. The molecule has 0 radical (unpaired) electrons. The lowest BCUT2D eigenvalue weighted by Crippen LogP contribution is -2.31. The summed E-state index contributed by atoms with van der Waals surface area (Å²) in [6.07, 6.45) is 0.568. The number of rotatable bonds is 6. The lowest BCUT2D eigenvalue weighted by atomic mass is 9.98. The van der Waals surface area contributed by atoms with Crippen LogP contribution in [0.5, 0.6) is 0 Å². The highest BCUT2D eigenvalue weighted by Crippen LogP contribution is 2.38. The molecular weight excluding hydrogens is 456 g/mol. The lowest BCUT2D eigenvalue weighted by Gasteiger charge is -2.25. The van der Waals surface area contributed by atoms with Gasteiger partial charge < -0.3 is 14.1 Å². The molecule has 0 aliphatic carbocycles. The minimum atomic E-state index is -0.690. The summed E-state index contributed by atoms with van der Waals surface area (Å²) in [5, 5.41) is 11.4. The Morgan fingerprint density at radius 2 is 1.93 bits per heavy atom. The molecule has 2 heterocycles. The van der Waals surface area contributed by atoms with Crippen LogP contribution in [-0.4, -0.2) is 36.0 Å². The van der Waals surface area contributed by atoms with Gasteiger partial charge in [0.2, 0.25) is 5.76 Å². The summed E-state index contributed by atoms with van der Waals surface area (Å²) >= 11 is 3.36. The van der Waals surface area contributed by atoms with E-state index in [0.29, 0.717) is 36.1 Å². The first-order valence-corrected chi connectivity index (χ1v) is 10.0. The minimum absolute atomic E-state index is 0.00981. The number of fused-ring (bicyclic) bond motifs is 2. The molecule has 1 amide bonds. The molecule has 1 atom stereocenters. The Morgan fingerprint density at radius 3 is 2.60 bits per heavy atom. The maximum absolute atomic E-state index is 13.4. The Balaban J connectivity index is 1.89. The summed E-state index contributed by atoms with van der Waals surface area (Å²) in [6, 6.07) is 10.2. The number of halogens is 1. The van der Waals surface area contributed by atoms with E-state index in [1.807, 2.05) is 0 Å². The molecule has 154 valence electrons. The highest BCUT2D eigenvalue weighted by atomic mass is 79.9. The van der Waals surface area contributed by atoms with Gasteiger partial charge in [-0.25, -0.2) is 0 Å². The van der Waals surface area contributed by atoms with Crippen LogP contribution in [-0.2, 0) is 4.74 Å². The molecular formula is C21H17BrN2O6. The average Bonchev–Trinajstić information content (AvgIpc) is 3.01. The number of carbonyl (C=O) groups excluding carboxylic acids is 1. The summed E-state index contributed by atoms with van der Waals surface area (Å²) in [7, 11) is 1.57. The molecule has 4 rings (SSSR count). The Morgan fingerprint density at radius 1 is 1.20 bits per heavy atom. The molecule has 1 unspecified atom stereocenters. The van der Waals surface area contributed by atoms with Crippen LogP contribution < -0.4 is 5.43 Å². The van der Waals surface area contributed by atoms with Crippen LogP contribution in [0, 0.1) is 10.1 Å². The van der Waals surface area contributed by atoms with Crippen molar-refractivity contribution in [2.45, 2.75) is 12.5 Å². The summed E-state index contributed by atoms with van der Waals surface area (Å²) in [5.74, 6) is -0.373. The van der Waals surface area contributed by atoms with Crippen molar-refractivity contribution in [2.75, 3.05) is 20.3 Å². The Kier molecular flexibility index (Phi) is 5.40. The number of nitrogens with zero attached hydrogens (tertiary/aromatic N) is 2. The van der Waals surface area contributed by atoms with Crippen molar-refractivity contribution in [3.05, 3.63) is 84.2 Å². The van der Waals surface area contributed by atoms with E-state index >= 15 is 0 Å². The average molecular weight is 473 g/mol. The fraction of sp³-hybridized carbons (Fsp3) is 0.238. The molecule has 1 aromatic heterocycles. The zero-order valence-corrected chi connectivity index (χ0v) is 17.5. The number of amides is 1. The highest BCUT2D eigenvalue weighted by Gasteiger charge is 2.42. The first-order chi connectivity index (χ1) is 14.4. The molecule has 1 aliphatic rings. The second kappa shape index (κ2) is 8.00. The normalized spacial score (nSPS) is 15.6. The Bertz CT molecular complexity index is 1200. The fourth-order valence-electron chi connectivity index (χ4n) is 3.73. The number of hydrogen-bond acceptors (Lipinski definition) is 6. The van der Waals surface area contributed by atoms with E-state index in [1.54, 1.807) is 42.3 Å². The van der Waals surface area contributed by atoms with Crippen molar-refractivity contribution in [1.29, 1.82) is 0 Å². The molecule has 0 spiro atoms. The predicted octanol–water partition coefficient (Wildman–Crippen LogP) is 4.05. The van der Waals surface area contributed by atoms with Crippen LogP contribution in [0.15, 0.2) is 56.1 Å². The van der Waals surface area contributed by atoms with Crippen molar-refractivity contribution in [3.63, 3.8) is 0 Å². The third-order valence-corrected chi connectivity index (χ3v) is 5.59. The quantitative estimate of drug-likeness (QED) is 0.304. The molecule has 2 aromatic carbocycles. The lowest BCUT2D eigenvalue weighted by molar-refractivity contribution is -0.384. The van der Waals surface area contributed by atoms with Crippen LogP contribution >= 0.6 is 15.9 Å². The van der Waals surface area contributed by atoms with Crippen molar-refractivity contribution in [2.24, 2.45) is 0 Å². The fourth-order valence-corrected chi connectivity index (χ4v) is 4.09. The van der Waals surface area contributed by atoms with Crippen molar-refractivity contribution in [3.8, 4) is 0 Å². The van der Waals surface area contributed by atoms with Crippen LogP contribution in [0.1, 0.15) is 34.1 Å². The second-order valence-corrected chi connectivity index (χ2v) is 7.83. The summed E-state index contributed by atoms with van der Waals surface area (Å²) < 4.78 is 11.7. The van der Waals surface area contributed by atoms with Gasteiger partial charge in [-0.2, -0.15) is 0 Å². The van der Waals surface area contributed by atoms with E-state index in [2.05, 4.69) is 15.9 Å². The van der Waals surface area contributed by atoms with E-state index in [1.165, 1.54) is 12.1 Å². The molecule has 0 saturated heterocycles. The van der Waals surface area contributed by atoms with E-state index in [9.17, 15) is 19.7 Å². The number of nitro groups is 1. The van der Waals surface area contributed by atoms with Crippen molar-refractivity contribution >= 4 is 38.5 Å². The van der Waals surface area contributed by atoms with Gasteiger partial charge >= 0.3 is 0 Å². The number of methoxy groups -OCH3 is 1. The van der Waals surface area contributed by atoms with Crippen molar-refractivity contribution in [1.82, 2.24) is 4.90 Å². The summed E-state index contributed by atoms with van der Waals surface area (Å²) in [6.45, 7) is 0.793. The first-order valence-electron chi connectivity index (χ1n) is 9.23.